The minimum absolute atomic E-state index is 0.0659. The fourth-order valence-electron chi connectivity index (χ4n) is 2.49. The number of fused-ring (bicyclic) bond motifs is 1. The van der Waals surface area contributed by atoms with Crippen LogP contribution in [0.25, 0.3) is 0 Å². The molecule has 3 N–H and O–H groups in total. The molecule has 0 bridgehead atoms. The third-order valence-electron chi connectivity index (χ3n) is 3.62. The van der Waals surface area contributed by atoms with Gasteiger partial charge in [-0.05, 0) is 0 Å². The normalized spacial score (nSPS) is 24.2. The number of hydrogen-bond acceptors (Lipinski definition) is 8. The highest BCUT2D eigenvalue weighted by Gasteiger charge is 2.34. The molecule has 2 heterocycles. The second-order valence-corrected chi connectivity index (χ2v) is 6.73. The Kier molecular flexibility index (Phi) is 4.10. The topological polar surface area (TPSA) is 143 Å². The van der Waals surface area contributed by atoms with Crippen molar-refractivity contribution in [1.29, 1.82) is 0 Å². The van der Waals surface area contributed by atoms with Crippen LogP contribution in [0.1, 0.15) is 0 Å². The molecule has 126 valence electrons. The zero-order valence-corrected chi connectivity index (χ0v) is 12.7. The van der Waals surface area contributed by atoms with Gasteiger partial charge in [-0.25, -0.2) is 13.6 Å². The molecule has 1 saturated heterocycles. The van der Waals surface area contributed by atoms with Gasteiger partial charge in [-0.1, -0.05) is 0 Å². The number of nitrogens with one attached hydrogen (secondary N) is 1. The monoisotopic (exact) mass is 345 g/mol. The smallest absolute Gasteiger partial charge is 0.297 e. The molecule has 0 aliphatic carbocycles. The van der Waals surface area contributed by atoms with Gasteiger partial charge in [0.2, 0.25) is 10.0 Å². The van der Waals surface area contributed by atoms with Crippen LogP contribution in [-0.2, 0) is 19.5 Å². The predicted octanol–water partition coefficient (Wildman–Crippen LogP) is -0.170. The molecule has 0 aromatic heterocycles. The standard InChI is InChI=1S/C12H15N3O7S/c13-23(18,19)7-3-9(15(16)17)12-10(4-7)22-5-8(14-12)11-6-20-1-2-21-11/h3-4,8,11,14H,1-2,5-6H2,(H2,13,18,19)/t8-,11+/m0/s1. The second-order valence-electron chi connectivity index (χ2n) is 5.16. The number of anilines is 1. The van der Waals surface area contributed by atoms with Crippen molar-refractivity contribution >= 4 is 21.4 Å². The molecule has 0 saturated carbocycles. The Bertz CT molecular complexity index is 730. The lowest BCUT2D eigenvalue weighted by Gasteiger charge is -2.34. The number of nitro benzene ring substituents is 1. The number of benzene rings is 1. The molecule has 23 heavy (non-hydrogen) atoms. The summed E-state index contributed by atoms with van der Waals surface area (Å²) in [4.78, 5) is 10.2. The molecule has 0 unspecified atom stereocenters. The first-order valence-electron chi connectivity index (χ1n) is 6.80. The van der Waals surface area contributed by atoms with E-state index in [0.717, 1.165) is 6.07 Å². The average molecular weight is 345 g/mol. The van der Waals surface area contributed by atoms with E-state index in [4.69, 9.17) is 19.3 Å². The number of nitro groups is 1. The highest BCUT2D eigenvalue weighted by molar-refractivity contribution is 7.89. The van der Waals surface area contributed by atoms with E-state index in [0.29, 0.717) is 19.8 Å². The summed E-state index contributed by atoms with van der Waals surface area (Å²) in [6.45, 7) is 1.44. The van der Waals surface area contributed by atoms with E-state index in [1.807, 2.05) is 0 Å². The maximum atomic E-state index is 11.4. The summed E-state index contributed by atoms with van der Waals surface area (Å²) >= 11 is 0. The second kappa shape index (κ2) is 5.92. The van der Waals surface area contributed by atoms with Gasteiger partial charge in [0.25, 0.3) is 5.69 Å². The maximum absolute atomic E-state index is 11.4. The van der Waals surface area contributed by atoms with Gasteiger partial charge < -0.3 is 19.5 Å². The Morgan fingerprint density at radius 3 is 2.70 bits per heavy atom. The van der Waals surface area contributed by atoms with Crippen molar-refractivity contribution in [1.82, 2.24) is 0 Å². The van der Waals surface area contributed by atoms with Gasteiger partial charge in [-0.15, -0.1) is 0 Å². The summed E-state index contributed by atoms with van der Waals surface area (Å²) in [6, 6.07) is 1.73. The number of primary sulfonamides is 1. The van der Waals surface area contributed by atoms with Crippen molar-refractivity contribution in [3.63, 3.8) is 0 Å². The Hall–Kier alpha value is -1.95. The first-order valence-corrected chi connectivity index (χ1v) is 8.35. The number of rotatable bonds is 3. The van der Waals surface area contributed by atoms with Crippen LogP contribution in [0.5, 0.6) is 5.75 Å². The van der Waals surface area contributed by atoms with Crippen molar-refractivity contribution in [2.45, 2.75) is 17.0 Å². The van der Waals surface area contributed by atoms with Gasteiger partial charge in [-0.3, -0.25) is 10.1 Å². The molecule has 0 amide bonds. The van der Waals surface area contributed by atoms with Crippen molar-refractivity contribution in [2.24, 2.45) is 5.14 Å². The Morgan fingerprint density at radius 2 is 2.09 bits per heavy atom. The number of sulfonamides is 1. The van der Waals surface area contributed by atoms with Gasteiger partial charge in [0.15, 0.2) is 11.4 Å². The lowest BCUT2D eigenvalue weighted by molar-refractivity contribution is -0.384. The van der Waals surface area contributed by atoms with Gasteiger partial charge in [0, 0.05) is 12.1 Å². The summed E-state index contributed by atoms with van der Waals surface area (Å²) in [6.07, 6.45) is -0.311. The van der Waals surface area contributed by atoms with Crippen LogP contribution in [0.2, 0.25) is 0 Å². The SMILES string of the molecule is NS(=O)(=O)c1cc2c(c([N+](=O)[O-])c1)N[C@H]([C@H]1COCCO1)CO2. The van der Waals surface area contributed by atoms with Crippen molar-refractivity contribution in [3.8, 4) is 5.75 Å². The molecule has 2 aliphatic heterocycles. The number of nitrogens with zero attached hydrogens (tertiary/aromatic N) is 1. The molecular weight excluding hydrogens is 330 g/mol. The third kappa shape index (κ3) is 3.22. The van der Waals surface area contributed by atoms with E-state index >= 15 is 0 Å². The Balaban J connectivity index is 1.96. The van der Waals surface area contributed by atoms with Crippen LogP contribution < -0.4 is 15.2 Å². The molecule has 3 rings (SSSR count). The maximum Gasteiger partial charge on any atom is 0.297 e. The van der Waals surface area contributed by atoms with E-state index in [2.05, 4.69) is 5.32 Å². The number of hydrogen-bond donors (Lipinski definition) is 2. The minimum atomic E-state index is -4.08. The van der Waals surface area contributed by atoms with E-state index in [1.165, 1.54) is 6.07 Å². The predicted molar refractivity (Wildman–Crippen MR) is 77.9 cm³/mol. The first kappa shape index (κ1) is 15.9. The van der Waals surface area contributed by atoms with E-state index in [1.54, 1.807) is 0 Å². The molecule has 0 radical (unpaired) electrons. The first-order chi connectivity index (χ1) is 10.9. The van der Waals surface area contributed by atoms with Crippen molar-refractivity contribution < 1.29 is 27.6 Å². The van der Waals surface area contributed by atoms with Gasteiger partial charge in [0.1, 0.15) is 12.7 Å². The van der Waals surface area contributed by atoms with Gasteiger partial charge in [-0.2, -0.15) is 0 Å². The number of nitrogens with two attached hydrogens (primary N) is 1. The van der Waals surface area contributed by atoms with Crippen LogP contribution in [0.3, 0.4) is 0 Å². The third-order valence-corrected chi connectivity index (χ3v) is 4.51. The van der Waals surface area contributed by atoms with Crippen LogP contribution in [0.15, 0.2) is 17.0 Å². The quantitative estimate of drug-likeness (QED) is 0.568. The van der Waals surface area contributed by atoms with Gasteiger partial charge in [0.05, 0.1) is 35.7 Å². The highest BCUT2D eigenvalue weighted by Crippen LogP contribution is 2.40. The number of ether oxygens (including phenoxy) is 3. The fourth-order valence-corrected chi connectivity index (χ4v) is 3.04. The minimum Gasteiger partial charge on any atom is -0.489 e. The average Bonchev–Trinajstić information content (AvgIpc) is 2.53. The zero-order valence-electron chi connectivity index (χ0n) is 11.9. The molecule has 0 spiro atoms. The van der Waals surface area contributed by atoms with E-state index in [-0.39, 0.29) is 35.1 Å². The largest absolute Gasteiger partial charge is 0.489 e. The van der Waals surface area contributed by atoms with Crippen LogP contribution in [-0.4, -0.2) is 51.9 Å². The highest BCUT2D eigenvalue weighted by atomic mass is 32.2. The van der Waals surface area contributed by atoms with E-state index < -0.39 is 20.6 Å². The summed E-state index contributed by atoms with van der Waals surface area (Å²) in [5.74, 6) is 0.0659. The molecule has 1 aromatic rings. The zero-order chi connectivity index (χ0) is 16.6. The molecule has 1 fully saturated rings. The Labute approximate surface area is 131 Å². The molecule has 10 nitrogen and oxygen atoms in total. The molecule has 2 aliphatic rings. The molecule has 11 heteroatoms. The summed E-state index contributed by atoms with van der Waals surface area (Å²) in [5, 5.41) is 19.3. The summed E-state index contributed by atoms with van der Waals surface area (Å²) in [5.41, 5.74) is -0.319. The van der Waals surface area contributed by atoms with Crippen molar-refractivity contribution in [2.75, 3.05) is 31.7 Å². The molecule has 2 atom stereocenters. The summed E-state index contributed by atoms with van der Waals surface area (Å²) in [7, 11) is -4.08. The lowest BCUT2D eigenvalue weighted by Crippen LogP contribution is -2.47. The fraction of sp³-hybridized carbons (Fsp3) is 0.500. The van der Waals surface area contributed by atoms with Crippen LogP contribution >= 0.6 is 0 Å². The van der Waals surface area contributed by atoms with Crippen molar-refractivity contribution in [3.05, 3.63) is 22.2 Å². The summed E-state index contributed by atoms with van der Waals surface area (Å²) < 4.78 is 39.3. The Morgan fingerprint density at radius 1 is 1.30 bits per heavy atom. The molecule has 1 aromatic carbocycles. The van der Waals surface area contributed by atoms with Gasteiger partial charge >= 0.3 is 0 Å². The van der Waals surface area contributed by atoms with Crippen LogP contribution in [0.4, 0.5) is 11.4 Å². The van der Waals surface area contributed by atoms with Crippen LogP contribution in [0, 0.1) is 10.1 Å². The molecular formula is C12H15N3O7S. The lowest BCUT2D eigenvalue weighted by atomic mass is 10.1. The van der Waals surface area contributed by atoms with E-state index in [9.17, 15) is 18.5 Å².